The fraction of sp³-hybridized carbons (Fsp3) is 0.364. The van der Waals surface area contributed by atoms with Crippen LogP contribution in [0.4, 0.5) is 4.79 Å². The van der Waals surface area contributed by atoms with Gasteiger partial charge in [0, 0.05) is 18.7 Å². The smallest absolute Gasteiger partial charge is 0.412 e. The summed E-state index contributed by atoms with van der Waals surface area (Å²) in [5, 5.41) is 2.52. The highest BCUT2D eigenvalue weighted by Crippen LogP contribution is 2.26. The van der Waals surface area contributed by atoms with E-state index in [0.29, 0.717) is 24.6 Å². The number of rotatable bonds is 4. The second-order valence-corrected chi connectivity index (χ2v) is 3.19. The molecule has 0 saturated carbocycles. The van der Waals surface area contributed by atoms with E-state index in [-0.39, 0.29) is 0 Å². The minimum Gasteiger partial charge on any atom is -0.496 e. The monoisotopic (exact) mass is 224 g/mol. The minimum atomic E-state index is -0.512. The fourth-order valence-electron chi connectivity index (χ4n) is 1.24. The molecule has 0 bridgehead atoms. The number of methoxy groups -OCH3 is 1. The molecular weight excluding hydrogens is 208 g/mol. The Morgan fingerprint density at radius 3 is 2.75 bits per heavy atom. The van der Waals surface area contributed by atoms with Crippen LogP contribution < -0.4 is 20.5 Å². The lowest BCUT2D eigenvalue weighted by Gasteiger charge is -2.10. The maximum Gasteiger partial charge on any atom is 0.412 e. The van der Waals surface area contributed by atoms with E-state index in [4.69, 9.17) is 15.2 Å². The molecule has 0 atom stereocenters. The maximum atomic E-state index is 11.3. The third-order valence-corrected chi connectivity index (χ3v) is 2.07. The van der Waals surface area contributed by atoms with Gasteiger partial charge < -0.3 is 20.5 Å². The number of carbonyl (C=O) groups is 1. The highest BCUT2D eigenvalue weighted by molar-refractivity contribution is 5.71. The molecule has 16 heavy (non-hydrogen) atoms. The second-order valence-electron chi connectivity index (χ2n) is 3.19. The number of ether oxygens (including phenoxy) is 2. The first-order chi connectivity index (χ1) is 7.69. The first-order valence-electron chi connectivity index (χ1n) is 4.98. The summed E-state index contributed by atoms with van der Waals surface area (Å²) in [5.41, 5.74) is 6.04. The summed E-state index contributed by atoms with van der Waals surface area (Å²) in [5.74, 6) is 1.16. The zero-order chi connectivity index (χ0) is 12.0. The van der Waals surface area contributed by atoms with Crippen LogP contribution in [0.1, 0.15) is 5.56 Å². The van der Waals surface area contributed by atoms with Crippen molar-refractivity contribution in [2.45, 2.75) is 6.92 Å². The van der Waals surface area contributed by atoms with E-state index >= 15 is 0 Å². The van der Waals surface area contributed by atoms with Gasteiger partial charge in [-0.15, -0.1) is 0 Å². The number of nitrogens with two attached hydrogens (primary N) is 1. The van der Waals surface area contributed by atoms with Crippen molar-refractivity contribution in [2.75, 3.05) is 20.2 Å². The lowest BCUT2D eigenvalue weighted by Crippen LogP contribution is -2.31. The van der Waals surface area contributed by atoms with Gasteiger partial charge in [0.2, 0.25) is 0 Å². The minimum absolute atomic E-state index is 0.381. The lowest BCUT2D eigenvalue weighted by molar-refractivity contribution is 0.200. The highest BCUT2D eigenvalue weighted by Gasteiger charge is 2.09. The summed E-state index contributed by atoms with van der Waals surface area (Å²) in [6.45, 7) is 2.60. The lowest BCUT2D eigenvalue weighted by atomic mass is 10.2. The molecule has 0 aliphatic heterocycles. The van der Waals surface area contributed by atoms with Gasteiger partial charge in [-0.25, -0.2) is 4.79 Å². The predicted octanol–water partition coefficient (Wildman–Crippen LogP) is 1.05. The quantitative estimate of drug-likeness (QED) is 0.801. The van der Waals surface area contributed by atoms with Crippen LogP contribution in [0.25, 0.3) is 0 Å². The van der Waals surface area contributed by atoms with Crippen LogP contribution in [-0.4, -0.2) is 26.3 Å². The number of nitrogens with one attached hydrogen (secondary N) is 1. The Kier molecular flexibility index (Phi) is 4.60. The molecule has 0 fully saturated rings. The summed E-state index contributed by atoms with van der Waals surface area (Å²) < 4.78 is 10.2. The van der Waals surface area contributed by atoms with Crippen LogP contribution in [0.2, 0.25) is 0 Å². The molecule has 5 heteroatoms. The van der Waals surface area contributed by atoms with Crippen molar-refractivity contribution in [1.29, 1.82) is 0 Å². The van der Waals surface area contributed by atoms with Crippen molar-refractivity contribution >= 4 is 6.09 Å². The normalized spacial score (nSPS) is 9.69. The number of carbonyl (C=O) groups excluding carboxylic acids is 1. The Hall–Kier alpha value is -1.75. The molecule has 0 heterocycles. The highest BCUT2D eigenvalue weighted by atomic mass is 16.6. The van der Waals surface area contributed by atoms with E-state index in [9.17, 15) is 4.79 Å². The van der Waals surface area contributed by atoms with Crippen LogP contribution in [0, 0.1) is 6.92 Å². The molecule has 5 nitrogen and oxygen atoms in total. The molecule has 3 N–H and O–H groups in total. The fourth-order valence-corrected chi connectivity index (χ4v) is 1.24. The van der Waals surface area contributed by atoms with E-state index < -0.39 is 6.09 Å². The summed E-state index contributed by atoms with van der Waals surface area (Å²) in [6, 6.07) is 5.28. The molecule has 0 spiro atoms. The first kappa shape index (κ1) is 12.3. The summed E-state index contributed by atoms with van der Waals surface area (Å²) in [6.07, 6.45) is -0.512. The molecule has 1 aromatic rings. The Morgan fingerprint density at radius 2 is 2.12 bits per heavy atom. The number of benzene rings is 1. The van der Waals surface area contributed by atoms with Crippen molar-refractivity contribution in [3.63, 3.8) is 0 Å². The molecule has 1 amide bonds. The third kappa shape index (κ3) is 3.13. The third-order valence-electron chi connectivity index (χ3n) is 2.07. The average Bonchev–Trinajstić information content (AvgIpc) is 2.29. The van der Waals surface area contributed by atoms with Gasteiger partial charge in [-0.1, -0.05) is 6.07 Å². The van der Waals surface area contributed by atoms with E-state index in [0.717, 1.165) is 5.56 Å². The van der Waals surface area contributed by atoms with Crippen LogP contribution in [-0.2, 0) is 0 Å². The van der Waals surface area contributed by atoms with Gasteiger partial charge in [0.25, 0.3) is 0 Å². The SMILES string of the molecule is COc1cccc(OC(=O)NCCN)c1C. The molecule has 0 radical (unpaired) electrons. The van der Waals surface area contributed by atoms with Crippen LogP contribution in [0.3, 0.4) is 0 Å². The Balaban J connectivity index is 2.70. The van der Waals surface area contributed by atoms with Crippen molar-refractivity contribution in [2.24, 2.45) is 5.73 Å². The maximum absolute atomic E-state index is 11.3. The van der Waals surface area contributed by atoms with Gasteiger partial charge >= 0.3 is 6.09 Å². The van der Waals surface area contributed by atoms with Crippen LogP contribution >= 0.6 is 0 Å². The van der Waals surface area contributed by atoms with Gasteiger partial charge in [0.05, 0.1) is 7.11 Å². The summed E-state index contributed by atoms with van der Waals surface area (Å²) >= 11 is 0. The van der Waals surface area contributed by atoms with Crippen molar-refractivity contribution in [3.8, 4) is 11.5 Å². The molecule has 1 rings (SSSR count). The Bertz CT molecular complexity index is 366. The molecule has 0 aliphatic rings. The number of amides is 1. The summed E-state index contributed by atoms with van der Waals surface area (Å²) in [4.78, 5) is 11.3. The van der Waals surface area contributed by atoms with Crippen molar-refractivity contribution in [3.05, 3.63) is 23.8 Å². The molecule has 0 aliphatic carbocycles. The topological polar surface area (TPSA) is 73.6 Å². The van der Waals surface area contributed by atoms with Gasteiger partial charge in [0.15, 0.2) is 0 Å². The van der Waals surface area contributed by atoms with Gasteiger partial charge in [0.1, 0.15) is 11.5 Å². The average molecular weight is 224 g/mol. The molecular formula is C11H16N2O3. The molecule has 0 saturated heterocycles. The van der Waals surface area contributed by atoms with E-state index in [1.807, 2.05) is 6.92 Å². The zero-order valence-corrected chi connectivity index (χ0v) is 9.45. The second kappa shape index (κ2) is 5.97. The number of hydrogen-bond acceptors (Lipinski definition) is 4. The summed E-state index contributed by atoms with van der Waals surface area (Å²) in [7, 11) is 1.57. The number of hydrogen-bond donors (Lipinski definition) is 2. The molecule has 88 valence electrons. The largest absolute Gasteiger partial charge is 0.496 e. The van der Waals surface area contributed by atoms with Gasteiger partial charge in [-0.2, -0.15) is 0 Å². The Labute approximate surface area is 94.5 Å². The van der Waals surface area contributed by atoms with Gasteiger partial charge in [-0.3, -0.25) is 0 Å². The van der Waals surface area contributed by atoms with E-state index in [1.165, 1.54) is 0 Å². The Morgan fingerprint density at radius 1 is 1.44 bits per heavy atom. The van der Waals surface area contributed by atoms with Gasteiger partial charge in [-0.05, 0) is 19.1 Å². The predicted molar refractivity (Wildman–Crippen MR) is 60.8 cm³/mol. The molecule has 0 unspecified atom stereocenters. The first-order valence-corrected chi connectivity index (χ1v) is 4.98. The van der Waals surface area contributed by atoms with E-state index in [2.05, 4.69) is 5.32 Å². The van der Waals surface area contributed by atoms with Crippen molar-refractivity contribution < 1.29 is 14.3 Å². The van der Waals surface area contributed by atoms with Crippen LogP contribution in [0.15, 0.2) is 18.2 Å². The van der Waals surface area contributed by atoms with Crippen LogP contribution in [0.5, 0.6) is 11.5 Å². The van der Waals surface area contributed by atoms with Crippen molar-refractivity contribution in [1.82, 2.24) is 5.32 Å². The molecule has 1 aromatic carbocycles. The zero-order valence-electron chi connectivity index (χ0n) is 9.45. The standard InChI is InChI=1S/C11H16N2O3/c1-8-9(15-2)4-3-5-10(8)16-11(14)13-7-6-12/h3-5H,6-7,12H2,1-2H3,(H,13,14). The van der Waals surface area contributed by atoms with E-state index in [1.54, 1.807) is 25.3 Å². The molecule has 0 aromatic heterocycles.